The Labute approximate surface area is 122 Å². The maximum Gasteiger partial charge on any atom is 0.312 e. The largest absolute Gasteiger partial charge is 0.430 e. The summed E-state index contributed by atoms with van der Waals surface area (Å²) in [7, 11) is -6.41. The summed E-state index contributed by atoms with van der Waals surface area (Å²) in [4.78, 5) is 0. The molecule has 0 bridgehead atoms. The van der Waals surface area contributed by atoms with Crippen molar-refractivity contribution in [1.29, 1.82) is 0 Å². The molecule has 2 nitrogen and oxygen atoms in total. The predicted octanol–water partition coefficient (Wildman–Crippen LogP) is 4.55. The van der Waals surface area contributed by atoms with Crippen LogP contribution in [0.3, 0.4) is 0 Å². The van der Waals surface area contributed by atoms with Gasteiger partial charge in [0.05, 0.1) is 0 Å². The molecule has 19 heavy (non-hydrogen) atoms. The second-order valence-corrected chi connectivity index (χ2v) is 16.3. The molecule has 5 heteroatoms. The molecule has 0 aliphatic rings. The molecule has 0 aromatic rings. The van der Waals surface area contributed by atoms with Crippen LogP contribution in [0.2, 0.25) is 25.2 Å². The van der Waals surface area contributed by atoms with Gasteiger partial charge in [-0.2, -0.15) is 0 Å². The molecule has 0 aromatic heterocycles. The third-order valence-electron chi connectivity index (χ3n) is 3.36. The van der Waals surface area contributed by atoms with Crippen LogP contribution < -0.4 is 0 Å². The van der Waals surface area contributed by atoms with Gasteiger partial charge in [0, 0.05) is 0 Å². The van der Waals surface area contributed by atoms with Crippen LogP contribution in [0.15, 0.2) is 49.1 Å². The molecule has 0 radical (unpaired) electrons. The topological polar surface area (TPSA) is 18.5 Å². The minimum Gasteiger partial charge on any atom is -0.430 e. The van der Waals surface area contributed by atoms with Gasteiger partial charge in [0.1, 0.15) is 0 Å². The summed E-state index contributed by atoms with van der Waals surface area (Å²) < 4.78 is 12.8. The molecular weight excluding hydrogens is 284 g/mol. The van der Waals surface area contributed by atoms with E-state index in [1.165, 1.54) is 0 Å². The van der Waals surface area contributed by atoms with Crippen LogP contribution >= 0.6 is 0 Å². The molecule has 0 amide bonds. The molecule has 0 aromatic carbocycles. The first-order valence-corrected chi connectivity index (χ1v) is 14.1. The zero-order valence-electron chi connectivity index (χ0n) is 12.9. The van der Waals surface area contributed by atoms with Crippen molar-refractivity contribution in [3.8, 4) is 0 Å². The zero-order valence-corrected chi connectivity index (χ0v) is 15.9. The van der Waals surface area contributed by atoms with Gasteiger partial charge in [0.2, 0.25) is 16.6 Å². The van der Waals surface area contributed by atoms with Crippen LogP contribution in [0.25, 0.3) is 0 Å². The van der Waals surface area contributed by atoms with E-state index < -0.39 is 25.2 Å². The van der Waals surface area contributed by atoms with Crippen molar-refractivity contribution >= 4 is 25.2 Å². The van der Waals surface area contributed by atoms with Crippen molar-refractivity contribution in [3.05, 3.63) is 49.1 Å². The average Bonchev–Trinajstić information content (AvgIpc) is 2.42. The van der Waals surface area contributed by atoms with Gasteiger partial charge in [0.25, 0.3) is 0 Å². The quantitative estimate of drug-likeness (QED) is 0.551. The minimum absolute atomic E-state index is 0.933. The highest BCUT2D eigenvalue weighted by Gasteiger charge is 2.41. The molecule has 0 aliphatic heterocycles. The lowest BCUT2D eigenvalue weighted by Crippen LogP contribution is -2.53. The summed E-state index contributed by atoms with van der Waals surface area (Å²) in [5.74, 6) is 0. The Morgan fingerprint density at radius 1 is 0.737 bits per heavy atom. The third kappa shape index (κ3) is 4.85. The Bertz CT molecular complexity index is 303. The summed E-state index contributed by atoms with van der Waals surface area (Å²) in [6.07, 6.45) is 0. The second-order valence-electron chi connectivity index (χ2n) is 5.04. The molecule has 0 aliphatic carbocycles. The Balaban J connectivity index is 5.17. The molecule has 0 atom stereocenters. The van der Waals surface area contributed by atoms with E-state index in [0.29, 0.717) is 0 Å². The van der Waals surface area contributed by atoms with Crippen LogP contribution in [-0.4, -0.2) is 25.2 Å². The number of rotatable bonds is 10. The molecule has 0 unspecified atom stereocenters. The van der Waals surface area contributed by atoms with Crippen LogP contribution in [0.4, 0.5) is 0 Å². The fourth-order valence-electron chi connectivity index (χ4n) is 1.99. The Morgan fingerprint density at radius 3 is 1.16 bits per heavy atom. The molecule has 0 rings (SSSR count). The monoisotopic (exact) mass is 312 g/mol. The number of hydrogen-bond donors (Lipinski definition) is 0. The molecule has 0 fully saturated rings. The van der Waals surface area contributed by atoms with Crippen molar-refractivity contribution in [2.75, 3.05) is 0 Å². The minimum atomic E-state index is -2.26. The molecule has 0 N–H and O–H groups in total. The van der Waals surface area contributed by atoms with E-state index in [2.05, 4.69) is 53.3 Å². The van der Waals surface area contributed by atoms with E-state index in [4.69, 9.17) is 8.23 Å². The Kier molecular flexibility index (Phi) is 7.17. The number of hydrogen-bond acceptors (Lipinski definition) is 2. The highest BCUT2D eigenvalue weighted by molar-refractivity contribution is 6.95. The van der Waals surface area contributed by atoms with Gasteiger partial charge in [-0.15, -0.1) is 26.3 Å². The van der Waals surface area contributed by atoms with Crippen LogP contribution in [0.5, 0.6) is 0 Å². The van der Waals surface area contributed by atoms with Gasteiger partial charge >= 0.3 is 8.56 Å². The summed E-state index contributed by atoms with van der Waals surface area (Å²) >= 11 is 0. The second kappa shape index (κ2) is 7.35. The van der Waals surface area contributed by atoms with E-state index in [0.717, 1.165) is 12.1 Å². The van der Waals surface area contributed by atoms with E-state index in [9.17, 15) is 0 Å². The molecule has 0 saturated carbocycles. The van der Waals surface area contributed by atoms with Crippen LogP contribution in [0, 0.1) is 0 Å². The molecule has 108 valence electrons. The summed E-state index contributed by atoms with van der Waals surface area (Å²) in [6, 6.07) is 1.87. The highest BCUT2D eigenvalue weighted by Crippen LogP contribution is 2.26. The molecular formula is C14H28O2Si3. The summed E-state index contributed by atoms with van der Waals surface area (Å²) in [5, 5.41) is 0. The van der Waals surface area contributed by atoms with Crippen molar-refractivity contribution in [3.63, 3.8) is 0 Å². The van der Waals surface area contributed by atoms with Crippen molar-refractivity contribution in [2.24, 2.45) is 0 Å². The van der Waals surface area contributed by atoms with E-state index in [1.807, 2.05) is 22.8 Å². The fourth-order valence-corrected chi connectivity index (χ4v) is 13.8. The molecule has 0 saturated heterocycles. The van der Waals surface area contributed by atoms with Crippen molar-refractivity contribution in [2.45, 2.75) is 39.0 Å². The van der Waals surface area contributed by atoms with Gasteiger partial charge in [-0.3, -0.25) is 0 Å². The van der Waals surface area contributed by atoms with Crippen molar-refractivity contribution in [1.82, 2.24) is 0 Å². The van der Waals surface area contributed by atoms with Gasteiger partial charge < -0.3 is 8.23 Å². The van der Waals surface area contributed by atoms with Crippen LogP contribution in [0.1, 0.15) is 13.8 Å². The first kappa shape index (κ1) is 18.5. The van der Waals surface area contributed by atoms with Gasteiger partial charge in [-0.1, -0.05) is 36.6 Å². The maximum atomic E-state index is 6.39. The standard InChI is InChI=1S/C14H28O2Si3/c1-9-18(10-2,11-3)15-17(7,8)16-19(12-4,13-5)14-6/h9-10,12-13H,1-2,4-5,11,14H2,3,6-8H3. The maximum absolute atomic E-state index is 6.39. The lowest BCUT2D eigenvalue weighted by Gasteiger charge is -2.38. The lowest BCUT2D eigenvalue weighted by atomic mass is 11.0. The van der Waals surface area contributed by atoms with E-state index >= 15 is 0 Å². The summed E-state index contributed by atoms with van der Waals surface area (Å²) in [5.41, 5.74) is 7.76. The predicted molar refractivity (Wildman–Crippen MR) is 92.9 cm³/mol. The molecule has 0 heterocycles. The van der Waals surface area contributed by atoms with Crippen LogP contribution in [-0.2, 0) is 8.23 Å². The van der Waals surface area contributed by atoms with E-state index in [-0.39, 0.29) is 0 Å². The van der Waals surface area contributed by atoms with Crippen molar-refractivity contribution < 1.29 is 8.23 Å². The first-order valence-electron chi connectivity index (χ1n) is 6.73. The fraction of sp³-hybridized carbons (Fsp3) is 0.429. The Morgan fingerprint density at radius 2 is 1.00 bits per heavy atom. The Hall–Kier alpha value is -0.469. The third-order valence-corrected chi connectivity index (χ3v) is 15.3. The van der Waals surface area contributed by atoms with Gasteiger partial charge in [0.15, 0.2) is 0 Å². The summed E-state index contributed by atoms with van der Waals surface area (Å²) in [6.45, 7) is 24.1. The van der Waals surface area contributed by atoms with Gasteiger partial charge in [-0.25, -0.2) is 0 Å². The smallest absolute Gasteiger partial charge is 0.312 e. The lowest BCUT2D eigenvalue weighted by molar-refractivity contribution is 0.399. The van der Waals surface area contributed by atoms with E-state index in [1.54, 1.807) is 0 Å². The average molecular weight is 313 g/mol. The first-order chi connectivity index (χ1) is 8.78. The normalized spacial score (nSPS) is 12.8. The van der Waals surface area contributed by atoms with Gasteiger partial charge in [-0.05, 0) is 25.2 Å². The zero-order chi connectivity index (χ0) is 15.2. The SMILES string of the molecule is C=C[Si](C=C)(CC)O[Si](C)(C)O[Si](C=C)(C=C)CC. The molecule has 0 spiro atoms. The highest BCUT2D eigenvalue weighted by atomic mass is 28.5.